The topological polar surface area (TPSA) is 76.2 Å². The first kappa shape index (κ1) is 19.1. The highest BCUT2D eigenvalue weighted by Gasteiger charge is 2.36. The van der Waals surface area contributed by atoms with E-state index >= 15 is 0 Å². The third-order valence-electron chi connectivity index (χ3n) is 5.81. The van der Waals surface area contributed by atoms with Crippen LogP contribution in [0.25, 0.3) is 0 Å². The molecule has 0 unspecified atom stereocenters. The van der Waals surface area contributed by atoms with Crippen LogP contribution in [-0.2, 0) is 9.47 Å². The first-order valence-corrected chi connectivity index (χ1v) is 10.1. The number of hydrogen-bond acceptors (Lipinski definition) is 5. The van der Waals surface area contributed by atoms with Crippen LogP contribution in [-0.4, -0.2) is 66.7 Å². The van der Waals surface area contributed by atoms with Crippen molar-refractivity contribution in [3.63, 3.8) is 0 Å². The average Bonchev–Trinajstić information content (AvgIpc) is 3.34. The van der Waals surface area contributed by atoms with Crippen molar-refractivity contribution >= 4 is 17.7 Å². The molecule has 3 aliphatic heterocycles. The molecule has 2 saturated heterocycles. The minimum atomic E-state index is -0.294. The molecule has 0 aliphatic carbocycles. The molecule has 0 N–H and O–H groups in total. The van der Waals surface area contributed by atoms with Crippen molar-refractivity contribution < 1.29 is 23.9 Å². The third-order valence-corrected chi connectivity index (χ3v) is 5.81. The maximum absolute atomic E-state index is 12.9. The predicted molar refractivity (Wildman–Crippen MR) is 101 cm³/mol. The number of ether oxygens (including phenoxy) is 2. The molecule has 2 fully saturated rings. The number of imide groups is 1. The summed E-state index contributed by atoms with van der Waals surface area (Å²) >= 11 is 0. The van der Waals surface area contributed by atoms with Crippen LogP contribution in [0.2, 0.25) is 0 Å². The first-order chi connectivity index (χ1) is 13.6. The molecule has 28 heavy (non-hydrogen) atoms. The van der Waals surface area contributed by atoms with Gasteiger partial charge in [0.15, 0.2) is 6.29 Å². The lowest BCUT2D eigenvalue weighted by Gasteiger charge is -2.34. The van der Waals surface area contributed by atoms with Gasteiger partial charge in [0.05, 0.1) is 24.3 Å². The molecule has 0 atom stereocenters. The Bertz CT molecular complexity index is 779. The molecule has 7 nitrogen and oxygen atoms in total. The molecule has 1 aromatic carbocycles. The Morgan fingerprint density at radius 2 is 1.75 bits per heavy atom. The molecule has 0 spiro atoms. The minimum Gasteiger partial charge on any atom is -0.350 e. The fraction of sp³-hybridized carbons (Fsp3) is 0.571. The van der Waals surface area contributed by atoms with E-state index in [9.17, 15) is 14.4 Å². The SMILES string of the molecule is CCCCN1C(=O)c2ccc(C(=O)N3CCC(C4OCCO4)CC3)cc2C1=O. The standard InChI is InChI=1S/C21H26N2O5/c1-2-3-8-23-19(25)16-5-4-15(13-17(16)20(23)26)18(24)22-9-6-14(7-10-22)21-27-11-12-28-21/h4-5,13-14,21H,2-3,6-12H2,1H3. The van der Waals surface area contributed by atoms with Gasteiger partial charge in [-0.1, -0.05) is 13.3 Å². The van der Waals surface area contributed by atoms with Crippen LogP contribution in [0.3, 0.4) is 0 Å². The highest BCUT2D eigenvalue weighted by atomic mass is 16.7. The second kappa shape index (κ2) is 8.01. The normalized spacial score (nSPS) is 20.9. The number of piperidine rings is 1. The zero-order valence-electron chi connectivity index (χ0n) is 16.2. The number of likely N-dealkylation sites (tertiary alicyclic amines) is 1. The summed E-state index contributed by atoms with van der Waals surface area (Å²) in [6.45, 7) is 4.99. The van der Waals surface area contributed by atoms with Gasteiger partial charge in [0, 0.05) is 31.1 Å². The summed E-state index contributed by atoms with van der Waals surface area (Å²) in [7, 11) is 0. The van der Waals surface area contributed by atoms with Crippen molar-refractivity contribution in [1.82, 2.24) is 9.80 Å². The Balaban J connectivity index is 1.43. The van der Waals surface area contributed by atoms with Gasteiger partial charge in [-0.2, -0.15) is 0 Å². The van der Waals surface area contributed by atoms with Crippen LogP contribution in [0.15, 0.2) is 18.2 Å². The van der Waals surface area contributed by atoms with E-state index in [4.69, 9.17) is 9.47 Å². The number of carbonyl (C=O) groups excluding carboxylic acids is 3. The summed E-state index contributed by atoms with van der Waals surface area (Å²) in [5, 5.41) is 0. The molecule has 3 heterocycles. The van der Waals surface area contributed by atoms with Gasteiger partial charge in [-0.15, -0.1) is 0 Å². The number of amides is 3. The summed E-state index contributed by atoms with van der Waals surface area (Å²) in [6, 6.07) is 4.85. The quantitative estimate of drug-likeness (QED) is 0.726. The van der Waals surface area contributed by atoms with E-state index in [1.54, 1.807) is 18.2 Å². The van der Waals surface area contributed by atoms with E-state index in [0.717, 1.165) is 25.7 Å². The van der Waals surface area contributed by atoms with Gasteiger partial charge in [0.1, 0.15) is 0 Å². The van der Waals surface area contributed by atoms with Crippen molar-refractivity contribution in [1.29, 1.82) is 0 Å². The van der Waals surface area contributed by atoms with E-state index in [0.29, 0.717) is 55.5 Å². The first-order valence-electron chi connectivity index (χ1n) is 10.1. The average molecular weight is 386 g/mol. The lowest BCUT2D eigenvalue weighted by atomic mass is 9.95. The van der Waals surface area contributed by atoms with Gasteiger partial charge < -0.3 is 14.4 Å². The maximum atomic E-state index is 12.9. The highest BCUT2D eigenvalue weighted by Crippen LogP contribution is 2.28. The zero-order valence-corrected chi connectivity index (χ0v) is 16.2. The number of fused-ring (bicyclic) bond motifs is 1. The molecule has 0 radical (unpaired) electrons. The number of carbonyl (C=O) groups is 3. The van der Waals surface area contributed by atoms with Crippen molar-refractivity contribution in [2.45, 2.75) is 38.9 Å². The van der Waals surface area contributed by atoms with Crippen LogP contribution in [0, 0.1) is 5.92 Å². The number of hydrogen-bond donors (Lipinski definition) is 0. The van der Waals surface area contributed by atoms with Gasteiger partial charge in [-0.3, -0.25) is 19.3 Å². The van der Waals surface area contributed by atoms with Crippen molar-refractivity contribution in [2.24, 2.45) is 5.92 Å². The fourth-order valence-electron chi connectivity index (χ4n) is 4.15. The van der Waals surface area contributed by atoms with E-state index in [1.165, 1.54) is 4.90 Å². The zero-order chi connectivity index (χ0) is 19.7. The van der Waals surface area contributed by atoms with Crippen molar-refractivity contribution in [2.75, 3.05) is 32.8 Å². The second-order valence-electron chi connectivity index (χ2n) is 7.62. The van der Waals surface area contributed by atoms with Gasteiger partial charge in [-0.25, -0.2) is 0 Å². The molecule has 0 saturated carbocycles. The Kier molecular flexibility index (Phi) is 5.46. The second-order valence-corrected chi connectivity index (χ2v) is 7.62. The van der Waals surface area contributed by atoms with E-state index in [-0.39, 0.29) is 24.0 Å². The summed E-state index contributed by atoms with van der Waals surface area (Å²) in [6.07, 6.45) is 3.22. The summed E-state index contributed by atoms with van der Waals surface area (Å²) in [4.78, 5) is 41.1. The van der Waals surface area contributed by atoms with Gasteiger partial charge >= 0.3 is 0 Å². The number of nitrogens with zero attached hydrogens (tertiary/aromatic N) is 2. The predicted octanol–water partition coefficient (Wildman–Crippen LogP) is 2.31. The molecule has 1 aromatic rings. The number of unbranched alkanes of at least 4 members (excludes halogenated alkanes) is 1. The minimum absolute atomic E-state index is 0.0956. The Hall–Kier alpha value is -2.25. The highest BCUT2D eigenvalue weighted by molar-refractivity contribution is 6.22. The lowest BCUT2D eigenvalue weighted by molar-refractivity contribution is -0.0956. The summed E-state index contributed by atoms with van der Waals surface area (Å²) in [5.41, 5.74) is 1.20. The van der Waals surface area contributed by atoms with Crippen LogP contribution in [0.4, 0.5) is 0 Å². The number of rotatable bonds is 5. The van der Waals surface area contributed by atoms with Gasteiger partial charge in [0.2, 0.25) is 0 Å². The van der Waals surface area contributed by atoms with Gasteiger partial charge in [-0.05, 0) is 37.5 Å². The number of benzene rings is 1. The van der Waals surface area contributed by atoms with Crippen LogP contribution < -0.4 is 0 Å². The third kappa shape index (κ3) is 3.44. The molecule has 0 bridgehead atoms. The smallest absolute Gasteiger partial charge is 0.261 e. The molecule has 7 heteroatoms. The Labute approximate surface area is 164 Å². The van der Waals surface area contributed by atoms with Crippen molar-refractivity contribution in [3.8, 4) is 0 Å². The molecular weight excluding hydrogens is 360 g/mol. The molecule has 3 aliphatic rings. The van der Waals surface area contributed by atoms with Crippen LogP contribution >= 0.6 is 0 Å². The van der Waals surface area contributed by atoms with E-state index < -0.39 is 0 Å². The molecule has 0 aromatic heterocycles. The van der Waals surface area contributed by atoms with Gasteiger partial charge in [0.25, 0.3) is 17.7 Å². The lowest BCUT2D eigenvalue weighted by Crippen LogP contribution is -2.41. The fourth-order valence-corrected chi connectivity index (χ4v) is 4.15. The van der Waals surface area contributed by atoms with Crippen molar-refractivity contribution in [3.05, 3.63) is 34.9 Å². The molecule has 4 rings (SSSR count). The maximum Gasteiger partial charge on any atom is 0.261 e. The molecule has 3 amide bonds. The monoisotopic (exact) mass is 386 g/mol. The largest absolute Gasteiger partial charge is 0.350 e. The molecular formula is C21H26N2O5. The Morgan fingerprint density at radius 3 is 2.43 bits per heavy atom. The van der Waals surface area contributed by atoms with Crippen LogP contribution in [0.5, 0.6) is 0 Å². The van der Waals surface area contributed by atoms with Crippen LogP contribution in [0.1, 0.15) is 63.7 Å². The van der Waals surface area contributed by atoms with E-state index in [2.05, 4.69) is 0 Å². The Morgan fingerprint density at radius 1 is 1.07 bits per heavy atom. The summed E-state index contributed by atoms with van der Waals surface area (Å²) < 4.78 is 11.2. The summed E-state index contributed by atoms with van der Waals surface area (Å²) in [5.74, 6) is -0.332. The van der Waals surface area contributed by atoms with E-state index in [1.807, 2.05) is 11.8 Å². The molecule has 150 valence electrons.